The maximum Gasteiger partial charge on any atom is 0.0617 e. The van der Waals surface area contributed by atoms with Gasteiger partial charge in [-0.05, 0) is 13.3 Å². The number of halogens is 2. The molecule has 0 amide bonds. The van der Waals surface area contributed by atoms with Crippen LogP contribution in [0.2, 0.25) is 0 Å². The van der Waals surface area contributed by atoms with Gasteiger partial charge in [-0.2, -0.15) is 0 Å². The number of ether oxygens (including phenoxy) is 1. The van der Waals surface area contributed by atoms with Gasteiger partial charge in [0.1, 0.15) is 0 Å². The Bertz CT molecular complexity index is 96.1. The van der Waals surface area contributed by atoms with Crippen LogP contribution in [-0.4, -0.2) is 23.4 Å². The van der Waals surface area contributed by atoms with Gasteiger partial charge in [0.05, 0.1) is 13.2 Å². The van der Waals surface area contributed by atoms with E-state index in [9.17, 15) is 0 Å². The third-order valence-corrected chi connectivity index (χ3v) is 2.18. The summed E-state index contributed by atoms with van der Waals surface area (Å²) in [6, 6.07) is 0. The molecule has 0 aromatic heterocycles. The van der Waals surface area contributed by atoms with Crippen LogP contribution in [0.25, 0.3) is 0 Å². The zero-order chi connectivity index (χ0) is 8.74. The van der Waals surface area contributed by atoms with Crippen molar-refractivity contribution in [1.82, 2.24) is 0 Å². The van der Waals surface area contributed by atoms with Gasteiger partial charge in [0.15, 0.2) is 0 Å². The molecular weight excluding hydrogens is 227 g/mol. The lowest BCUT2D eigenvalue weighted by molar-refractivity contribution is 0.128. The van der Waals surface area contributed by atoms with Crippen LogP contribution >= 0.6 is 27.5 Å². The zero-order valence-corrected chi connectivity index (χ0v) is 9.54. The molecule has 0 radical (unpaired) electrons. The fraction of sp³-hybridized carbons (Fsp3) is 1.00. The van der Waals surface area contributed by atoms with Crippen molar-refractivity contribution in [2.24, 2.45) is 0 Å². The van der Waals surface area contributed by atoms with Gasteiger partial charge in [0.2, 0.25) is 0 Å². The minimum absolute atomic E-state index is 0.133. The first-order valence-corrected chi connectivity index (χ1v) is 5.28. The molecule has 0 bridgehead atoms. The van der Waals surface area contributed by atoms with Crippen LogP contribution in [0.5, 0.6) is 0 Å². The van der Waals surface area contributed by atoms with Gasteiger partial charge in [-0.1, -0.05) is 29.3 Å². The van der Waals surface area contributed by atoms with Crippen molar-refractivity contribution in [2.45, 2.75) is 31.0 Å². The van der Waals surface area contributed by atoms with E-state index in [2.05, 4.69) is 29.8 Å². The van der Waals surface area contributed by atoms with Crippen molar-refractivity contribution in [2.75, 3.05) is 19.1 Å². The van der Waals surface area contributed by atoms with Gasteiger partial charge >= 0.3 is 0 Å². The van der Waals surface area contributed by atoms with Crippen LogP contribution in [0.15, 0.2) is 0 Å². The number of hydrogen-bond donors (Lipinski definition) is 0. The Kier molecular flexibility index (Phi) is 6.68. The Balaban J connectivity index is 3.38. The fourth-order valence-electron chi connectivity index (χ4n) is 0.933. The third kappa shape index (κ3) is 7.10. The highest BCUT2D eigenvalue weighted by molar-refractivity contribution is 9.10. The summed E-state index contributed by atoms with van der Waals surface area (Å²) in [4.78, 5) is 0. The van der Waals surface area contributed by atoms with Crippen LogP contribution in [-0.2, 0) is 4.74 Å². The monoisotopic (exact) mass is 242 g/mol. The molecule has 68 valence electrons. The summed E-state index contributed by atoms with van der Waals surface area (Å²) in [5.41, 5.74) is 0. The van der Waals surface area contributed by atoms with Crippen molar-refractivity contribution in [1.29, 1.82) is 0 Å². The number of alkyl halides is 2. The smallest absolute Gasteiger partial charge is 0.0617 e. The molecule has 0 saturated carbocycles. The van der Waals surface area contributed by atoms with E-state index in [1.807, 2.05) is 0 Å². The van der Waals surface area contributed by atoms with Crippen LogP contribution < -0.4 is 0 Å². The molecule has 3 heteroatoms. The highest BCUT2D eigenvalue weighted by Gasteiger charge is 2.18. The molecule has 0 aromatic carbocycles. The molecule has 1 unspecified atom stereocenters. The summed E-state index contributed by atoms with van der Waals surface area (Å²) >= 11 is 9.07. The van der Waals surface area contributed by atoms with Crippen molar-refractivity contribution in [3.63, 3.8) is 0 Å². The molecule has 0 aliphatic carbocycles. The van der Waals surface area contributed by atoms with Gasteiger partial charge in [-0.25, -0.2) is 0 Å². The molecule has 0 fully saturated rings. The van der Waals surface area contributed by atoms with E-state index in [4.69, 9.17) is 16.3 Å². The van der Waals surface area contributed by atoms with Crippen LogP contribution in [0.1, 0.15) is 26.7 Å². The van der Waals surface area contributed by atoms with E-state index in [0.29, 0.717) is 12.5 Å². The largest absolute Gasteiger partial charge is 0.379 e. The molecule has 1 nitrogen and oxygen atoms in total. The molecule has 0 spiro atoms. The lowest BCUT2D eigenvalue weighted by Crippen LogP contribution is -2.23. The van der Waals surface area contributed by atoms with E-state index < -0.39 is 0 Å². The van der Waals surface area contributed by atoms with Crippen molar-refractivity contribution >= 4 is 27.5 Å². The van der Waals surface area contributed by atoms with Crippen LogP contribution in [0.4, 0.5) is 0 Å². The molecule has 11 heavy (non-hydrogen) atoms. The lowest BCUT2D eigenvalue weighted by Gasteiger charge is -2.20. The zero-order valence-electron chi connectivity index (χ0n) is 7.20. The van der Waals surface area contributed by atoms with Gasteiger partial charge in [0, 0.05) is 10.2 Å². The Hall–Kier alpha value is 0.730. The predicted molar refractivity (Wildman–Crippen MR) is 53.8 cm³/mol. The summed E-state index contributed by atoms with van der Waals surface area (Å²) in [7, 11) is 0. The number of hydrogen-bond acceptors (Lipinski definition) is 1. The van der Waals surface area contributed by atoms with E-state index >= 15 is 0 Å². The van der Waals surface area contributed by atoms with E-state index in [1.54, 1.807) is 0 Å². The molecule has 0 aromatic rings. The second-order valence-corrected chi connectivity index (χ2v) is 5.20. The first-order valence-electron chi connectivity index (χ1n) is 3.95. The molecule has 0 aliphatic heterocycles. The molecule has 0 N–H and O–H groups in total. The normalized spacial score (nSPS) is 16.4. The molecule has 1 atom stereocenters. The average molecular weight is 244 g/mol. The first kappa shape index (κ1) is 11.7. The summed E-state index contributed by atoms with van der Waals surface area (Å²) in [5.74, 6) is 0.579. The summed E-state index contributed by atoms with van der Waals surface area (Å²) < 4.78 is 5.45. The SMILES string of the molecule is CCCC(C)(Br)COCCCl. The van der Waals surface area contributed by atoms with E-state index in [0.717, 1.165) is 13.0 Å². The van der Waals surface area contributed by atoms with Crippen LogP contribution in [0.3, 0.4) is 0 Å². The van der Waals surface area contributed by atoms with Crippen molar-refractivity contribution in [3.05, 3.63) is 0 Å². The number of rotatable bonds is 6. The fourth-order valence-corrected chi connectivity index (χ4v) is 1.60. The second kappa shape index (κ2) is 6.27. The van der Waals surface area contributed by atoms with Gasteiger partial charge in [-0.3, -0.25) is 0 Å². The van der Waals surface area contributed by atoms with E-state index in [1.165, 1.54) is 6.42 Å². The summed E-state index contributed by atoms with van der Waals surface area (Å²) in [6.07, 6.45) is 2.31. The maximum atomic E-state index is 5.47. The van der Waals surface area contributed by atoms with Gasteiger partial charge in [-0.15, -0.1) is 11.6 Å². The molecule has 0 rings (SSSR count). The maximum absolute atomic E-state index is 5.47. The minimum atomic E-state index is 0.133. The minimum Gasteiger partial charge on any atom is -0.379 e. The molecule has 0 saturated heterocycles. The molecule has 0 aliphatic rings. The van der Waals surface area contributed by atoms with Gasteiger partial charge < -0.3 is 4.74 Å². The first-order chi connectivity index (χ1) is 5.12. The van der Waals surface area contributed by atoms with Gasteiger partial charge in [0.25, 0.3) is 0 Å². The third-order valence-electron chi connectivity index (χ3n) is 1.40. The molecular formula is C8H16BrClO. The van der Waals surface area contributed by atoms with Crippen LogP contribution in [0, 0.1) is 0 Å². The second-order valence-electron chi connectivity index (χ2n) is 2.90. The Labute approximate surface area is 82.6 Å². The highest BCUT2D eigenvalue weighted by Crippen LogP contribution is 2.23. The Morgan fingerprint density at radius 1 is 1.55 bits per heavy atom. The van der Waals surface area contributed by atoms with Crippen molar-refractivity contribution in [3.8, 4) is 0 Å². The van der Waals surface area contributed by atoms with E-state index in [-0.39, 0.29) is 4.32 Å². The standard InChI is InChI=1S/C8H16BrClO/c1-3-4-8(2,9)7-11-6-5-10/h3-7H2,1-2H3. The average Bonchev–Trinajstić information content (AvgIpc) is 1.87. The molecule has 0 heterocycles. The topological polar surface area (TPSA) is 9.23 Å². The quantitative estimate of drug-likeness (QED) is 0.514. The summed E-state index contributed by atoms with van der Waals surface area (Å²) in [5, 5.41) is 0. The lowest BCUT2D eigenvalue weighted by atomic mass is 10.1. The van der Waals surface area contributed by atoms with Crippen molar-refractivity contribution < 1.29 is 4.74 Å². The Morgan fingerprint density at radius 3 is 2.64 bits per heavy atom. The summed E-state index contributed by atoms with van der Waals surface area (Å²) in [6.45, 7) is 5.70. The highest BCUT2D eigenvalue weighted by atomic mass is 79.9. The predicted octanol–water partition coefficient (Wildman–Crippen LogP) is 3.20. The Morgan fingerprint density at radius 2 is 2.18 bits per heavy atom.